The van der Waals surface area contributed by atoms with Crippen LogP contribution in [-0.4, -0.2) is 22.1 Å². The molecule has 0 bridgehead atoms. The van der Waals surface area contributed by atoms with Crippen LogP contribution in [0, 0.1) is 11.8 Å². The molecule has 3 rings (SSSR count). The highest BCUT2D eigenvalue weighted by Gasteiger charge is 2.04. The van der Waals surface area contributed by atoms with Crippen LogP contribution in [-0.2, 0) is 11.2 Å². The average molecular weight is 390 g/mol. The third kappa shape index (κ3) is 5.67. The largest absolute Gasteiger partial charge is 0.354 e. The molecule has 3 aromatic rings. The zero-order valence-electron chi connectivity index (χ0n) is 15.7. The molecule has 2 aromatic carbocycles. The lowest BCUT2D eigenvalue weighted by atomic mass is 10.1. The van der Waals surface area contributed by atoms with Crippen molar-refractivity contribution in [3.05, 3.63) is 82.5 Å². The van der Waals surface area contributed by atoms with E-state index in [1.54, 1.807) is 0 Å². The van der Waals surface area contributed by atoms with Gasteiger partial charge in [0.05, 0.1) is 5.69 Å². The van der Waals surface area contributed by atoms with Crippen molar-refractivity contribution < 1.29 is 4.79 Å². The van der Waals surface area contributed by atoms with E-state index >= 15 is 0 Å². The zero-order chi connectivity index (χ0) is 19.9. The summed E-state index contributed by atoms with van der Waals surface area (Å²) >= 11 is 5.91. The Morgan fingerprint density at radius 3 is 2.32 bits per heavy atom. The Bertz CT molecular complexity index is 1000. The Hall–Kier alpha value is -3.16. The highest BCUT2D eigenvalue weighted by Crippen LogP contribution is 2.18. The maximum Gasteiger partial charge on any atom is 0.217 e. The molecule has 0 aliphatic rings. The second kappa shape index (κ2) is 9.16. The van der Waals surface area contributed by atoms with Gasteiger partial charge in [0.2, 0.25) is 5.91 Å². The number of nitrogens with one attached hydrogen (secondary N) is 1. The van der Waals surface area contributed by atoms with Crippen LogP contribution in [0.3, 0.4) is 0 Å². The van der Waals surface area contributed by atoms with Crippen LogP contribution in [0.25, 0.3) is 11.3 Å². The van der Waals surface area contributed by atoms with Gasteiger partial charge in [-0.1, -0.05) is 41.8 Å². The summed E-state index contributed by atoms with van der Waals surface area (Å²) in [6, 6.07) is 19.3. The zero-order valence-corrected chi connectivity index (χ0v) is 16.5. The molecule has 0 fully saturated rings. The number of hydrogen-bond donors (Lipinski definition) is 1. The van der Waals surface area contributed by atoms with Gasteiger partial charge in [-0.2, -0.15) is 0 Å². The van der Waals surface area contributed by atoms with Crippen LogP contribution in [0.5, 0.6) is 0 Å². The number of benzene rings is 2. The first-order valence-corrected chi connectivity index (χ1v) is 9.35. The molecule has 1 aromatic heterocycles. The third-order valence-corrected chi connectivity index (χ3v) is 4.34. The molecular formula is C23H20ClN3O. The molecular weight excluding hydrogens is 370 g/mol. The van der Waals surface area contributed by atoms with Gasteiger partial charge in [-0.15, -0.1) is 10.2 Å². The predicted octanol–water partition coefficient (Wildman–Crippen LogP) is 4.26. The van der Waals surface area contributed by atoms with E-state index in [4.69, 9.17) is 11.6 Å². The Morgan fingerprint density at radius 1 is 1.00 bits per heavy atom. The summed E-state index contributed by atoms with van der Waals surface area (Å²) < 4.78 is 0. The number of carbonyl (C=O) groups is 1. The van der Waals surface area contributed by atoms with Crippen LogP contribution in [0.4, 0.5) is 0 Å². The molecule has 1 N–H and O–H groups in total. The van der Waals surface area contributed by atoms with Crippen molar-refractivity contribution in [2.75, 3.05) is 0 Å². The lowest BCUT2D eigenvalue weighted by Crippen LogP contribution is -2.31. The van der Waals surface area contributed by atoms with Gasteiger partial charge in [-0.25, -0.2) is 0 Å². The van der Waals surface area contributed by atoms with Crippen molar-refractivity contribution in [2.24, 2.45) is 0 Å². The highest BCUT2D eigenvalue weighted by molar-refractivity contribution is 6.30. The second-order valence-corrected chi connectivity index (χ2v) is 7.00. The van der Waals surface area contributed by atoms with Crippen LogP contribution < -0.4 is 5.32 Å². The first kappa shape index (κ1) is 19.6. The summed E-state index contributed by atoms with van der Waals surface area (Å²) in [5.74, 6) is 6.12. The van der Waals surface area contributed by atoms with Crippen LogP contribution in [0.1, 0.15) is 30.7 Å². The summed E-state index contributed by atoms with van der Waals surface area (Å²) in [7, 11) is 0. The van der Waals surface area contributed by atoms with Gasteiger partial charge < -0.3 is 5.32 Å². The number of hydrogen-bond acceptors (Lipinski definition) is 3. The molecule has 0 radical (unpaired) electrons. The van der Waals surface area contributed by atoms with Crippen molar-refractivity contribution in [1.82, 2.24) is 15.5 Å². The SMILES string of the molecule is CC(=O)NC(C)Cc1ccc(C#Cc2ccc(-c3ccc(Cl)cc3)nn2)cc1. The molecule has 1 amide bonds. The summed E-state index contributed by atoms with van der Waals surface area (Å²) in [6.07, 6.45) is 0.783. The first-order valence-electron chi connectivity index (χ1n) is 8.97. The van der Waals surface area contributed by atoms with Crippen LogP contribution in [0.15, 0.2) is 60.7 Å². The molecule has 1 heterocycles. The molecule has 0 aliphatic heterocycles. The predicted molar refractivity (Wildman–Crippen MR) is 112 cm³/mol. The van der Waals surface area contributed by atoms with Gasteiger partial charge in [0, 0.05) is 29.1 Å². The molecule has 0 spiro atoms. The van der Waals surface area contributed by atoms with E-state index in [1.807, 2.05) is 67.6 Å². The molecule has 1 atom stereocenters. The smallest absolute Gasteiger partial charge is 0.217 e. The average Bonchev–Trinajstić information content (AvgIpc) is 2.68. The minimum absolute atomic E-state index is 0.0156. The van der Waals surface area contributed by atoms with Gasteiger partial charge in [0.25, 0.3) is 0 Å². The van der Waals surface area contributed by atoms with Crippen molar-refractivity contribution in [3.63, 3.8) is 0 Å². The molecule has 140 valence electrons. The molecule has 4 nitrogen and oxygen atoms in total. The summed E-state index contributed by atoms with van der Waals surface area (Å²) in [6.45, 7) is 3.52. The lowest BCUT2D eigenvalue weighted by molar-refractivity contribution is -0.119. The van der Waals surface area contributed by atoms with Crippen molar-refractivity contribution >= 4 is 17.5 Å². The Morgan fingerprint density at radius 2 is 1.71 bits per heavy atom. The van der Waals surface area contributed by atoms with E-state index in [0.29, 0.717) is 10.7 Å². The molecule has 0 aliphatic carbocycles. The summed E-state index contributed by atoms with van der Waals surface area (Å²) in [5.41, 5.74) is 4.40. The fourth-order valence-corrected chi connectivity index (χ4v) is 2.91. The van der Waals surface area contributed by atoms with E-state index < -0.39 is 0 Å². The van der Waals surface area contributed by atoms with Gasteiger partial charge in [0.15, 0.2) is 0 Å². The number of amides is 1. The minimum atomic E-state index is -0.0156. The number of carbonyl (C=O) groups excluding carboxylic acids is 1. The Balaban J connectivity index is 1.64. The number of nitrogens with zero attached hydrogens (tertiary/aromatic N) is 2. The normalized spacial score (nSPS) is 11.2. The molecule has 0 saturated heterocycles. The minimum Gasteiger partial charge on any atom is -0.354 e. The summed E-state index contributed by atoms with van der Waals surface area (Å²) in [5, 5.41) is 12.0. The van der Waals surface area contributed by atoms with Crippen molar-refractivity contribution in [2.45, 2.75) is 26.3 Å². The maximum absolute atomic E-state index is 11.1. The number of aromatic nitrogens is 2. The molecule has 1 unspecified atom stereocenters. The van der Waals surface area contributed by atoms with Gasteiger partial charge >= 0.3 is 0 Å². The van der Waals surface area contributed by atoms with Gasteiger partial charge in [0.1, 0.15) is 5.69 Å². The standard InChI is InChI=1S/C23H20ClN3O/c1-16(25-17(2)28)15-19-5-3-18(4-6-19)7-12-22-13-14-23(27-26-22)20-8-10-21(24)11-9-20/h3-6,8-11,13-14,16H,15H2,1-2H3,(H,25,28). The fraction of sp³-hybridized carbons (Fsp3) is 0.174. The summed E-state index contributed by atoms with van der Waals surface area (Å²) in [4.78, 5) is 11.1. The first-order chi connectivity index (χ1) is 13.5. The van der Waals surface area contributed by atoms with Crippen molar-refractivity contribution in [3.8, 4) is 23.1 Å². The van der Waals surface area contributed by atoms with Crippen LogP contribution >= 0.6 is 11.6 Å². The van der Waals surface area contributed by atoms with E-state index in [2.05, 4.69) is 27.4 Å². The highest BCUT2D eigenvalue weighted by atomic mass is 35.5. The van der Waals surface area contributed by atoms with E-state index in [1.165, 1.54) is 6.92 Å². The topological polar surface area (TPSA) is 54.9 Å². The number of halogens is 1. The second-order valence-electron chi connectivity index (χ2n) is 6.56. The Labute approximate surface area is 170 Å². The molecule has 0 saturated carbocycles. The van der Waals surface area contributed by atoms with Crippen molar-refractivity contribution in [1.29, 1.82) is 0 Å². The monoisotopic (exact) mass is 389 g/mol. The van der Waals surface area contributed by atoms with E-state index in [-0.39, 0.29) is 11.9 Å². The molecule has 5 heteroatoms. The fourth-order valence-electron chi connectivity index (χ4n) is 2.79. The maximum atomic E-state index is 11.1. The third-order valence-electron chi connectivity index (χ3n) is 4.08. The number of rotatable bonds is 4. The Kier molecular flexibility index (Phi) is 6.41. The van der Waals surface area contributed by atoms with Gasteiger partial charge in [-0.3, -0.25) is 4.79 Å². The van der Waals surface area contributed by atoms with E-state index in [9.17, 15) is 4.79 Å². The van der Waals surface area contributed by atoms with E-state index in [0.717, 1.165) is 28.8 Å². The lowest BCUT2D eigenvalue weighted by Gasteiger charge is -2.12. The van der Waals surface area contributed by atoms with Gasteiger partial charge in [-0.05, 0) is 61.2 Å². The quantitative estimate of drug-likeness (QED) is 0.678. The van der Waals surface area contributed by atoms with Crippen LogP contribution in [0.2, 0.25) is 5.02 Å². The molecule has 28 heavy (non-hydrogen) atoms.